The van der Waals surface area contributed by atoms with Crippen molar-refractivity contribution >= 4 is 11.6 Å². The highest BCUT2D eigenvalue weighted by Gasteiger charge is 2.23. The standard InChI is InChI=1S/C15H22N2O3/c1-4-17(5-2)9-13(18)11-6-7-14-12(8-11)16(3)15(19)10-20-14/h6-8,13,18H,4-5,9-10H2,1-3H3. The number of fused-ring (bicyclic) bond motifs is 1. The second kappa shape index (κ2) is 6.24. The highest BCUT2D eigenvalue weighted by molar-refractivity contribution is 5.97. The van der Waals surface area contributed by atoms with Crippen molar-refractivity contribution in [3.8, 4) is 5.75 Å². The average Bonchev–Trinajstić information content (AvgIpc) is 2.48. The molecule has 0 aromatic heterocycles. The summed E-state index contributed by atoms with van der Waals surface area (Å²) in [5, 5.41) is 10.3. The lowest BCUT2D eigenvalue weighted by atomic mass is 10.1. The predicted molar refractivity (Wildman–Crippen MR) is 78.1 cm³/mol. The van der Waals surface area contributed by atoms with Crippen LogP contribution in [0, 0.1) is 0 Å². The summed E-state index contributed by atoms with van der Waals surface area (Å²) in [5.74, 6) is 0.610. The van der Waals surface area contributed by atoms with E-state index in [1.54, 1.807) is 11.9 Å². The maximum atomic E-state index is 11.6. The molecule has 1 unspecified atom stereocenters. The Morgan fingerprint density at radius 1 is 1.40 bits per heavy atom. The number of hydrogen-bond acceptors (Lipinski definition) is 4. The van der Waals surface area contributed by atoms with Gasteiger partial charge in [-0.2, -0.15) is 0 Å². The number of carbonyl (C=O) groups excluding carboxylic acids is 1. The fourth-order valence-electron chi connectivity index (χ4n) is 2.33. The van der Waals surface area contributed by atoms with Gasteiger partial charge in [0, 0.05) is 13.6 Å². The summed E-state index contributed by atoms with van der Waals surface area (Å²) in [5.41, 5.74) is 1.53. The molecule has 0 saturated carbocycles. The molecule has 5 nitrogen and oxygen atoms in total. The Hall–Kier alpha value is -1.59. The third-order valence-electron chi connectivity index (χ3n) is 3.78. The van der Waals surface area contributed by atoms with E-state index >= 15 is 0 Å². The molecule has 2 rings (SSSR count). The predicted octanol–water partition coefficient (Wildman–Crippen LogP) is 1.42. The zero-order chi connectivity index (χ0) is 14.7. The lowest BCUT2D eigenvalue weighted by Crippen LogP contribution is -2.35. The molecule has 0 bridgehead atoms. The molecule has 20 heavy (non-hydrogen) atoms. The normalized spacial score (nSPS) is 16.1. The smallest absolute Gasteiger partial charge is 0.264 e. The third kappa shape index (κ3) is 2.94. The molecule has 1 aromatic rings. The first kappa shape index (κ1) is 14.8. The van der Waals surface area contributed by atoms with E-state index in [9.17, 15) is 9.90 Å². The van der Waals surface area contributed by atoms with Crippen LogP contribution in [0.1, 0.15) is 25.5 Å². The number of likely N-dealkylation sites (N-methyl/N-ethyl adjacent to an activating group) is 2. The Labute approximate surface area is 119 Å². The van der Waals surface area contributed by atoms with Crippen LogP contribution in [0.15, 0.2) is 18.2 Å². The minimum absolute atomic E-state index is 0.0743. The van der Waals surface area contributed by atoms with E-state index in [-0.39, 0.29) is 12.5 Å². The number of aliphatic hydroxyl groups is 1. The van der Waals surface area contributed by atoms with E-state index < -0.39 is 6.10 Å². The van der Waals surface area contributed by atoms with E-state index in [2.05, 4.69) is 18.7 Å². The maximum Gasteiger partial charge on any atom is 0.264 e. The van der Waals surface area contributed by atoms with Crippen LogP contribution in [0.5, 0.6) is 5.75 Å². The molecule has 1 atom stereocenters. The van der Waals surface area contributed by atoms with Gasteiger partial charge in [-0.3, -0.25) is 4.79 Å². The first-order valence-corrected chi connectivity index (χ1v) is 7.00. The molecule has 5 heteroatoms. The van der Waals surface area contributed by atoms with Crippen LogP contribution in [-0.4, -0.2) is 49.2 Å². The molecule has 1 N–H and O–H groups in total. The Morgan fingerprint density at radius 3 is 2.75 bits per heavy atom. The fraction of sp³-hybridized carbons (Fsp3) is 0.533. The highest BCUT2D eigenvalue weighted by Crippen LogP contribution is 2.33. The topological polar surface area (TPSA) is 53.0 Å². The summed E-state index contributed by atoms with van der Waals surface area (Å²) < 4.78 is 5.38. The summed E-state index contributed by atoms with van der Waals surface area (Å²) >= 11 is 0. The quantitative estimate of drug-likeness (QED) is 0.885. The number of ether oxygens (including phenoxy) is 1. The number of hydrogen-bond donors (Lipinski definition) is 1. The van der Waals surface area contributed by atoms with Crippen LogP contribution in [-0.2, 0) is 4.79 Å². The summed E-state index contributed by atoms with van der Waals surface area (Å²) in [4.78, 5) is 15.4. The van der Waals surface area contributed by atoms with Gasteiger partial charge in [-0.25, -0.2) is 0 Å². The molecule has 0 radical (unpaired) electrons. The zero-order valence-electron chi connectivity index (χ0n) is 12.3. The number of nitrogens with zero attached hydrogens (tertiary/aromatic N) is 2. The van der Waals surface area contributed by atoms with E-state index in [1.165, 1.54) is 0 Å². The Bertz CT molecular complexity index is 486. The van der Waals surface area contributed by atoms with Crippen molar-refractivity contribution in [2.45, 2.75) is 20.0 Å². The average molecular weight is 278 g/mol. The van der Waals surface area contributed by atoms with E-state index in [4.69, 9.17) is 4.74 Å². The lowest BCUT2D eigenvalue weighted by Gasteiger charge is -2.28. The summed E-state index contributed by atoms with van der Waals surface area (Å²) in [6, 6.07) is 5.51. The molecule has 1 heterocycles. The Kier molecular flexibility index (Phi) is 4.62. The van der Waals surface area contributed by atoms with Crippen molar-refractivity contribution < 1.29 is 14.6 Å². The molecule has 1 amide bonds. The number of anilines is 1. The minimum atomic E-state index is -0.564. The monoisotopic (exact) mass is 278 g/mol. The second-order valence-corrected chi connectivity index (χ2v) is 4.97. The number of carbonyl (C=O) groups is 1. The summed E-state index contributed by atoms with van der Waals surface area (Å²) in [7, 11) is 1.73. The molecule has 0 spiro atoms. The second-order valence-electron chi connectivity index (χ2n) is 4.97. The first-order chi connectivity index (χ1) is 9.56. The maximum absolute atomic E-state index is 11.6. The summed E-state index contributed by atoms with van der Waals surface area (Å²) in [6.45, 7) is 6.61. The van der Waals surface area contributed by atoms with Crippen molar-refractivity contribution in [1.29, 1.82) is 0 Å². The van der Waals surface area contributed by atoms with Gasteiger partial charge in [-0.1, -0.05) is 19.9 Å². The van der Waals surface area contributed by atoms with Crippen LogP contribution in [0.4, 0.5) is 5.69 Å². The van der Waals surface area contributed by atoms with Gasteiger partial charge in [0.1, 0.15) is 5.75 Å². The molecule has 1 aliphatic heterocycles. The van der Waals surface area contributed by atoms with Crippen molar-refractivity contribution in [3.63, 3.8) is 0 Å². The van der Waals surface area contributed by atoms with Crippen molar-refractivity contribution in [3.05, 3.63) is 23.8 Å². The van der Waals surface area contributed by atoms with E-state index in [0.29, 0.717) is 12.3 Å². The van der Waals surface area contributed by atoms with Gasteiger partial charge in [0.15, 0.2) is 6.61 Å². The molecule has 0 fully saturated rings. The van der Waals surface area contributed by atoms with Gasteiger partial charge < -0.3 is 19.6 Å². The molecule has 1 aliphatic rings. The van der Waals surface area contributed by atoms with Crippen LogP contribution in [0.2, 0.25) is 0 Å². The van der Waals surface area contributed by atoms with Gasteiger partial charge in [-0.15, -0.1) is 0 Å². The lowest BCUT2D eigenvalue weighted by molar-refractivity contribution is -0.120. The van der Waals surface area contributed by atoms with Crippen LogP contribution < -0.4 is 9.64 Å². The molecular weight excluding hydrogens is 256 g/mol. The van der Waals surface area contributed by atoms with Crippen molar-refractivity contribution in [1.82, 2.24) is 4.90 Å². The van der Waals surface area contributed by atoms with Gasteiger partial charge in [0.25, 0.3) is 5.91 Å². The number of rotatable bonds is 5. The third-order valence-corrected chi connectivity index (χ3v) is 3.78. The van der Waals surface area contributed by atoms with Crippen LogP contribution in [0.3, 0.4) is 0 Å². The fourth-order valence-corrected chi connectivity index (χ4v) is 2.33. The molecule has 0 aliphatic carbocycles. The molecule has 1 aromatic carbocycles. The van der Waals surface area contributed by atoms with Crippen molar-refractivity contribution in [2.75, 3.05) is 38.2 Å². The van der Waals surface area contributed by atoms with Crippen LogP contribution >= 0.6 is 0 Å². The number of amides is 1. The zero-order valence-corrected chi connectivity index (χ0v) is 12.3. The summed E-state index contributed by atoms with van der Waals surface area (Å²) in [6.07, 6.45) is -0.564. The number of aliphatic hydroxyl groups excluding tert-OH is 1. The van der Waals surface area contributed by atoms with Crippen molar-refractivity contribution in [2.24, 2.45) is 0 Å². The van der Waals surface area contributed by atoms with Gasteiger partial charge in [0.05, 0.1) is 11.8 Å². The van der Waals surface area contributed by atoms with Crippen LogP contribution in [0.25, 0.3) is 0 Å². The molecule has 110 valence electrons. The Balaban J connectivity index is 2.20. The minimum Gasteiger partial charge on any atom is -0.482 e. The van der Waals surface area contributed by atoms with Gasteiger partial charge >= 0.3 is 0 Å². The van der Waals surface area contributed by atoms with E-state index in [0.717, 1.165) is 24.3 Å². The largest absolute Gasteiger partial charge is 0.482 e. The number of benzene rings is 1. The molecule has 0 saturated heterocycles. The SMILES string of the molecule is CCN(CC)CC(O)c1ccc2c(c1)N(C)C(=O)CO2. The first-order valence-electron chi connectivity index (χ1n) is 7.00. The Morgan fingerprint density at radius 2 is 2.10 bits per heavy atom. The molecular formula is C15H22N2O3. The van der Waals surface area contributed by atoms with Gasteiger partial charge in [0.2, 0.25) is 0 Å². The van der Waals surface area contributed by atoms with Gasteiger partial charge in [-0.05, 0) is 30.8 Å². The highest BCUT2D eigenvalue weighted by atomic mass is 16.5. The van der Waals surface area contributed by atoms with E-state index in [1.807, 2.05) is 18.2 Å².